The van der Waals surface area contributed by atoms with Crippen LogP contribution in [0.1, 0.15) is 49.9 Å². The lowest BCUT2D eigenvalue weighted by atomic mass is 10.1. The zero-order valence-electron chi connectivity index (χ0n) is 10.9. The Hall–Kier alpha value is -1.58. The molecule has 0 aliphatic rings. The van der Waals surface area contributed by atoms with E-state index in [1.54, 1.807) is 0 Å². The highest BCUT2D eigenvalue weighted by atomic mass is 19.1. The van der Waals surface area contributed by atoms with Crippen molar-refractivity contribution in [3.63, 3.8) is 0 Å². The van der Waals surface area contributed by atoms with Gasteiger partial charge in [-0.1, -0.05) is 26.2 Å². The number of unbranched alkanes of at least 4 members (excludes halogenated alkanes) is 2. The summed E-state index contributed by atoms with van der Waals surface area (Å²) >= 11 is 0. The van der Waals surface area contributed by atoms with E-state index < -0.39 is 5.82 Å². The molecule has 0 aromatic heterocycles. The average Bonchev–Trinajstić information content (AvgIpc) is 2.28. The molecule has 1 aromatic carbocycles. The topological polar surface area (TPSA) is 49.3 Å². The Morgan fingerprint density at radius 3 is 2.78 bits per heavy atom. The largest absolute Gasteiger partial charge is 0.507 e. The normalized spacial score (nSPS) is 12.2. The molecule has 18 heavy (non-hydrogen) atoms. The summed E-state index contributed by atoms with van der Waals surface area (Å²) in [4.78, 5) is 11.8. The Kier molecular flexibility index (Phi) is 5.62. The number of aromatic hydroxyl groups is 1. The summed E-state index contributed by atoms with van der Waals surface area (Å²) in [7, 11) is 0. The van der Waals surface area contributed by atoms with Gasteiger partial charge in [0.25, 0.3) is 5.91 Å². The van der Waals surface area contributed by atoms with E-state index in [4.69, 9.17) is 0 Å². The van der Waals surface area contributed by atoms with E-state index in [9.17, 15) is 14.3 Å². The fourth-order valence-electron chi connectivity index (χ4n) is 1.77. The number of halogens is 1. The second-order valence-electron chi connectivity index (χ2n) is 4.53. The van der Waals surface area contributed by atoms with Crippen LogP contribution in [0.4, 0.5) is 4.39 Å². The van der Waals surface area contributed by atoms with Crippen LogP contribution in [0.25, 0.3) is 0 Å². The van der Waals surface area contributed by atoms with Gasteiger partial charge in [0, 0.05) is 12.1 Å². The molecule has 1 unspecified atom stereocenters. The van der Waals surface area contributed by atoms with Crippen LogP contribution < -0.4 is 5.32 Å². The molecule has 0 saturated heterocycles. The van der Waals surface area contributed by atoms with Crippen LogP contribution in [0, 0.1) is 5.82 Å². The van der Waals surface area contributed by atoms with E-state index in [-0.39, 0.29) is 23.3 Å². The van der Waals surface area contributed by atoms with Crippen LogP contribution in [-0.2, 0) is 0 Å². The Balaban J connectivity index is 2.54. The van der Waals surface area contributed by atoms with Crippen molar-refractivity contribution in [2.45, 2.75) is 45.6 Å². The first-order valence-corrected chi connectivity index (χ1v) is 6.34. The van der Waals surface area contributed by atoms with Gasteiger partial charge in [0.15, 0.2) is 0 Å². The second kappa shape index (κ2) is 6.99. The number of phenols is 1. The maximum absolute atomic E-state index is 12.8. The molecule has 100 valence electrons. The molecule has 1 amide bonds. The SMILES string of the molecule is CCCCCC(C)NC(=O)c1ccc(F)cc1O. The van der Waals surface area contributed by atoms with Crippen molar-refractivity contribution in [2.24, 2.45) is 0 Å². The number of hydrogen-bond acceptors (Lipinski definition) is 2. The fourth-order valence-corrected chi connectivity index (χ4v) is 1.77. The third kappa shape index (κ3) is 4.35. The highest BCUT2D eigenvalue weighted by Gasteiger charge is 2.13. The highest BCUT2D eigenvalue weighted by molar-refractivity contribution is 5.96. The summed E-state index contributed by atoms with van der Waals surface area (Å²) in [6.07, 6.45) is 4.25. The van der Waals surface area contributed by atoms with E-state index >= 15 is 0 Å². The average molecular weight is 253 g/mol. The van der Waals surface area contributed by atoms with E-state index in [1.165, 1.54) is 6.07 Å². The third-order valence-electron chi connectivity index (χ3n) is 2.82. The first-order chi connectivity index (χ1) is 8.54. The fraction of sp³-hybridized carbons (Fsp3) is 0.500. The van der Waals surface area contributed by atoms with Crippen LogP contribution >= 0.6 is 0 Å². The molecule has 1 rings (SSSR count). The zero-order valence-corrected chi connectivity index (χ0v) is 10.9. The number of amides is 1. The molecule has 0 fully saturated rings. The summed E-state index contributed by atoms with van der Waals surface area (Å²) in [5.41, 5.74) is 0.110. The Labute approximate surface area is 107 Å². The Bertz CT molecular complexity index is 407. The summed E-state index contributed by atoms with van der Waals surface area (Å²) in [5.74, 6) is -1.25. The molecule has 1 atom stereocenters. The molecule has 3 nitrogen and oxygen atoms in total. The predicted octanol–water partition coefficient (Wildman–Crippen LogP) is 3.23. The van der Waals surface area contributed by atoms with Crippen molar-refractivity contribution in [1.29, 1.82) is 0 Å². The van der Waals surface area contributed by atoms with Crippen molar-refractivity contribution < 1.29 is 14.3 Å². The smallest absolute Gasteiger partial charge is 0.255 e. The molecular weight excluding hydrogens is 233 g/mol. The van der Waals surface area contributed by atoms with Crippen molar-refractivity contribution in [3.05, 3.63) is 29.6 Å². The standard InChI is InChI=1S/C14H20FNO2/c1-3-4-5-6-10(2)16-14(18)12-8-7-11(15)9-13(12)17/h7-10,17H,3-6H2,1-2H3,(H,16,18). The van der Waals surface area contributed by atoms with Gasteiger partial charge in [-0.25, -0.2) is 4.39 Å². The molecule has 0 saturated carbocycles. The first-order valence-electron chi connectivity index (χ1n) is 6.34. The lowest BCUT2D eigenvalue weighted by molar-refractivity contribution is 0.0935. The minimum atomic E-state index is -0.556. The molecule has 2 N–H and O–H groups in total. The first kappa shape index (κ1) is 14.5. The summed E-state index contributed by atoms with van der Waals surface area (Å²) < 4.78 is 12.8. The number of carbonyl (C=O) groups is 1. The quantitative estimate of drug-likeness (QED) is 0.765. The highest BCUT2D eigenvalue weighted by Crippen LogP contribution is 2.18. The summed E-state index contributed by atoms with van der Waals surface area (Å²) in [6, 6.07) is 3.44. The Morgan fingerprint density at radius 1 is 1.44 bits per heavy atom. The number of rotatable bonds is 6. The Morgan fingerprint density at radius 2 is 2.17 bits per heavy atom. The number of hydrogen-bond donors (Lipinski definition) is 2. The molecule has 0 bridgehead atoms. The molecule has 1 aromatic rings. The predicted molar refractivity (Wildman–Crippen MR) is 69.1 cm³/mol. The maximum atomic E-state index is 12.8. The summed E-state index contributed by atoms with van der Waals surface area (Å²) in [5, 5.41) is 12.3. The van der Waals surface area contributed by atoms with Crippen molar-refractivity contribution in [3.8, 4) is 5.75 Å². The molecule has 0 aliphatic heterocycles. The second-order valence-corrected chi connectivity index (χ2v) is 4.53. The molecule has 0 heterocycles. The number of phenolic OH excluding ortho intramolecular Hbond substituents is 1. The van der Waals surface area contributed by atoms with Crippen LogP contribution in [0.2, 0.25) is 0 Å². The zero-order chi connectivity index (χ0) is 13.5. The van der Waals surface area contributed by atoms with E-state index in [2.05, 4.69) is 12.2 Å². The van der Waals surface area contributed by atoms with Gasteiger partial charge in [-0.05, 0) is 25.5 Å². The minimum absolute atomic E-state index is 0.0495. The summed E-state index contributed by atoms with van der Waals surface area (Å²) in [6.45, 7) is 4.05. The lowest BCUT2D eigenvalue weighted by Gasteiger charge is -2.14. The van der Waals surface area contributed by atoms with E-state index in [1.807, 2.05) is 6.92 Å². The maximum Gasteiger partial charge on any atom is 0.255 e. The molecule has 0 radical (unpaired) electrons. The lowest BCUT2D eigenvalue weighted by Crippen LogP contribution is -2.32. The van der Waals surface area contributed by atoms with E-state index in [0.717, 1.165) is 37.8 Å². The molecule has 0 spiro atoms. The monoisotopic (exact) mass is 253 g/mol. The number of carbonyl (C=O) groups excluding carboxylic acids is 1. The number of benzene rings is 1. The van der Waals surface area contributed by atoms with Crippen molar-refractivity contribution in [2.75, 3.05) is 0 Å². The van der Waals surface area contributed by atoms with Crippen molar-refractivity contribution in [1.82, 2.24) is 5.32 Å². The van der Waals surface area contributed by atoms with Gasteiger partial charge >= 0.3 is 0 Å². The van der Waals surface area contributed by atoms with Gasteiger partial charge in [-0.3, -0.25) is 4.79 Å². The van der Waals surface area contributed by atoms with Crippen LogP contribution in [0.5, 0.6) is 5.75 Å². The molecule has 4 heteroatoms. The van der Waals surface area contributed by atoms with Crippen LogP contribution in [0.15, 0.2) is 18.2 Å². The van der Waals surface area contributed by atoms with Crippen LogP contribution in [-0.4, -0.2) is 17.1 Å². The van der Waals surface area contributed by atoms with Gasteiger partial charge in [-0.2, -0.15) is 0 Å². The van der Waals surface area contributed by atoms with Gasteiger partial charge in [-0.15, -0.1) is 0 Å². The number of nitrogens with one attached hydrogen (secondary N) is 1. The van der Waals surface area contributed by atoms with Gasteiger partial charge in [0.05, 0.1) is 5.56 Å². The molecular formula is C14H20FNO2. The van der Waals surface area contributed by atoms with Crippen LogP contribution in [0.3, 0.4) is 0 Å². The van der Waals surface area contributed by atoms with Gasteiger partial charge < -0.3 is 10.4 Å². The van der Waals surface area contributed by atoms with Gasteiger partial charge in [0.1, 0.15) is 11.6 Å². The van der Waals surface area contributed by atoms with E-state index in [0.29, 0.717) is 0 Å². The minimum Gasteiger partial charge on any atom is -0.507 e. The third-order valence-corrected chi connectivity index (χ3v) is 2.82. The van der Waals surface area contributed by atoms with Crippen molar-refractivity contribution >= 4 is 5.91 Å². The molecule has 0 aliphatic carbocycles. The van der Waals surface area contributed by atoms with Gasteiger partial charge in [0.2, 0.25) is 0 Å².